The second kappa shape index (κ2) is 6.02. The molecule has 4 nitrogen and oxygen atoms in total. The third kappa shape index (κ3) is 3.04. The van der Waals surface area contributed by atoms with Crippen molar-refractivity contribution >= 4 is 5.91 Å². The molecule has 0 aromatic carbocycles. The maximum Gasteiger partial charge on any atom is 0.220 e. The van der Waals surface area contributed by atoms with Gasteiger partial charge in [0.1, 0.15) is 0 Å². The predicted molar refractivity (Wildman–Crippen MR) is 71.1 cm³/mol. The topological polar surface area (TPSA) is 64.3 Å². The van der Waals surface area contributed by atoms with Crippen molar-refractivity contribution in [3.05, 3.63) is 0 Å². The van der Waals surface area contributed by atoms with Gasteiger partial charge in [-0.25, -0.2) is 0 Å². The minimum absolute atomic E-state index is 0.112. The van der Waals surface area contributed by atoms with Crippen LogP contribution in [0.2, 0.25) is 0 Å². The zero-order chi connectivity index (χ0) is 13.0. The van der Waals surface area contributed by atoms with Crippen LogP contribution in [0.4, 0.5) is 0 Å². The van der Waals surface area contributed by atoms with Crippen LogP contribution in [0.1, 0.15) is 45.4 Å². The van der Waals surface area contributed by atoms with Crippen LogP contribution < -0.4 is 11.1 Å². The summed E-state index contributed by atoms with van der Waals surface area (Å²) in [7, 11) is 0. The number of amides is 1. The van der Waals surface area contributed by atoms with E-state index in [4.69, 9.17) is 10.5 Å². The predicted octanol–water partition coefficient (Wildman–Crippen LogP) is 1.44. The summed E-state index contributed by atoms with van der Waals surface area (Å²) in [4.78, 5) is 12.0. The molecule has 2 atom stereocenters. The molecule has 1 amide bonds. The minimum Gasteiger partial charge on any atom is -0.378 e. The van der Waals surface area contributed by atoms with Crippen molar-refractivity contribution in [1.82, 2.24) is 5.32 Å². The summed E-state index contributed by atoms with van der Waals surface area (Å²) in [5, 5.41) is 3.07. The summed E-state index contributed by atoms with van der Waals surface area (Å²) in [6, 6.07) is 0. The lowest BCUT2D eigenvalue weighted by Gasteiger charge is -2.40. The molecule has 0 aromatic rings. The molecule has 104 valence electrons. The number of carbonyl (C=O) groups is 1. The maximum absolute atomic E-state index is 12.0. The first-order valence-electron chi connectivity index (χ1n) is 7.27. The van der Waals surface area contributed by atoms with Crippen LogP contribution in [-0.2, 0) is 9.53 Å². The van der Waals surface area contributed by atoms with Gasteiger partial charge in [-0.15, -0.1) is 0 Å². The average Bonchev–Trinajstić information content (AvgIpc) is 2.78. The van der Waals surface area contributed by atoms with Crippen LogP contribution in [0.3, 0.4) is 0 Å². The fraction of sp³-hybridized carbons (Fsp3) is 0.929. The van der Waals surface area contributed by atoms with Gasteiger partial charge in [0.05, 0.1) is 6.10 Å². The third-order valence-corrected chi connectivity index (χ3v) is 4.69. The summed E-state index contributed by atoms with van der Waals surface area (Å²) in [5.41, 5.74) is 5.89. The Bertz CT molecular complexity index is 284. The summed E-state index contributed by atoms with van der Waals surface area (Å²) in [6.07, 6.45) is 6.49. The van der Waals surface area contributed by atoms with Crippen LogP contribution >= 0.6 is 0 Å². The number of hydrogen-bond acceptors (Lipinski definition) is 3. The van der Waals surface area contributed by atoms with Crippen LogP contribution in [0.25, 0.3) is 0 Å². The number of rotatable bonds is 6. The van der Waals surface area contributed by atoms with Crippen molar-refractivity contribution in [3.63, 3.8) is 0 Å². The van der Waals surface area contributed by atoms with E-state index in [1.54, 1.807) is 0 Å². The van der Waals surface area contributed by atoms with E-state index in [0.717, 1.165) is 38.8 Å². The molecule has 1 saturated heterocycles. The van der Waals surface area contributed by atoms with Gasteiger partial charge in [-0.1, -0.05) is 13.3 Å². The fourth-order valence-electron chi connectivity index (χ4n) is 3.16. The van der Waals surface area contributed by atoms with Gasteiger partial charge >= 0.3 is 0 Å². The van der Waals surface area contributed by atoms with Crippen molar-refractivity contribution in [1.29, 1.82) is 0 Å². The monoisotopic (exact) mass is 254 g/mol. The van der Waals surface area contributed by atoms with Crippen molar-refractivity contribution in [2.45, 2.75) is 51.6 Å². The Kier molecular flexibility index (Phi) is 4.62. The first-order valence-corrected chi connectivity index (χ1v) is 7.27. The molecule has 3 N–H and O–H groups in total. The molecule has 0 radical (unpaired) electrons. The molecule has 18 heavy (non-hydrogen) atoms. The van der Waals surface area contributed by atoms with Crippen LogP contribution in [0.5, 0.6) is 0 Å². The van der Waals surface area contributed by atoms with E-state index < -0.39 is 0 Å². The van der Waals surface area contributed by atoms with E-state index in [2.05, 4.69) is 12.2 Å². The number of nitrogens with one attached hydrogen (secondary N) is 1. The second-order valence-corrected chi connectivity index (χ2v) is 5.90. The van der Waals surface area contributed by atoms with Gasteiger partial charge in [-0.3, -0.25) is 4.79 Å². The normalized spacial score (nSPS) is 29.9. The van der Waals surface area contributed by atoms with Gasteiger partial charge in [0, 0.05) is 25.5 Å². The molecule has 2 fully saturated rings. The molecule has 2 unspecified atom stereocenters. The van der Waals surface area contributed by atoms with E-state index in [9.17, 15) is 4.79 Å². The van der Waals surface area contributed by atoms with Crippen molar-refractivity contribution < 1.29 is 9.53 Å². The first-order chi connectivity index (χ1) is 8.69. The van der Waals surface area contributed by atoms with Gasteiger partial charge in [-0.05, 0) is 37.6 Å². The second-order valence-electron chi connectivity index (χ2n) is 5.90. The van der Waals surface area contributed by atoms with Crippen molar-refractivity contribution in [2.24, 2.45) is 17.1 Å². The first kappa shape index (κ1) is 13.8. The Labute approximate surface area is 110 Å². The van der Waals surface area contributed by atoms with Gasteiger partial charge in [0.25, 0.3) is 0 Å². The van der Waals surface area contributed by atoms with Crippen LogP contribution in [0, 0.1) is 11.3 Å². The highest BCUT2D eigenvalue weighted by molar-refractivity contribution is 5.76. The molecule has 4 heteroatoms. The highest BCUT2D eigenvalue weighted by Gasteiger charge is 2.37. The number of ether oxygens (including phenoxy) is 1. The molecule has 0 spiro atoms. The van der Waals surface area contributed by atoms with E-state index in [1.807, 2.05) is 0 Å². The van der Waals surface area contributed by atoms with Gasteiger partial charge in [0.2, 0.25) is 5.91 Å². The number of carbonyl (C=O) groups excluding carboxylic acids is 1. The molecule has 2 aliphatic rings. The zero-order valence-corrected chi connectivity index (χ0v) is 11.4. The molecule has 0 aromatic heterocycles. The van der Waals surface area contributed by atoms with Crippen molar-refractivity contribution in [3.8, 4) is 0 Å². The minimum atomic E-state index is 0.112. The fourth-order valence-corrected chi connectivity index (χ4v) is 3.16. The van der Waals surface area contributed by atoms with Gasteiger partial charge < -0.3 is 15.8 Å². The van der Waals surface area contributed by atoms with Gasteiger partial charge in [0.15, 0.2) is 0 Å². The summed E-state index contributed by atoms with van der Waals surface area (Å²) < 4.78 is 5.63. The quantitative estimate of drug-likeness (QED) is 0.754. The molecule has 1 saturated carbocycles. The Morgan fingerprint density at radius 2 is 2.28 bits per heavy atom. The standard InChI is InChI=1S/C14H26N2O2/c1-2-12-11(4-7-18-12)9-16-13(17)8-14(10-15)5-3-6-14/h11-12H,2-10,15H2,1H3,(H,16,17). The highest BCUT2D eigenvalue weighted by Crippen LogP contribution is 2.42. The Hall–Kier alpha value is -0.610. The maximum atomic E-state index is 12.0. The number of hydrogen-bond donors (Lipinski definition) is 2. The summed E-state index contributed by atoms with van der Waals surface area (Å²) in [5.74, 6) is 0.663. The third-order valence-electron chi connectivity index (χ3n) is 4.69. The lowest BCUT2D eigenvalue weighted by Crippen LogP contribution is -2.43. The van der Waals surface area contributed by atoms with E-state index in [-0.39, 0.29) is 11.3 Å². The highest BCUT2D eigenvalue weighted by atomic mass is 16.5. The zero-order valence-electron chi connectivity index (χ0n) is 11.4. The molecule has 1 aliphatic heterocycles. The van der Waals surface area contributed by atoms with Crippen LogP contribution in [0.15, 0.2) is 0 Å². The Morgan fingerprint density at radius 1 is 1.50 bits per heavy atom. The van der Waals surface area contributed by atoms with E-state index >= 15 is 0 Å². The molecule has 1 aliphatic carbocycles. The summed E-state index contributed by atoms with van der Waals surface area (Å²) in [6.45, 7) is 4.39. The number of nitrogens with two attached hydrogens (primary N) is 1. The Morgan fingerprint density at radius 3 is 2.83 bits per heavy atom. The van der Waals surface area contributed by atoms with Crippen molar-refractivity contribution in [2.75, 3.05) is 19.7 Å². The molecular formula is C14H26N2O2. The Balaban J connectivity index is 1.71. The molecular weight excluding hydrogens is 228 g/mol. The molecule has 2 rings (SSSR count). The summed E-state index contributed by atoms with van der Waals surface area (Å²) >= 11 is 0. The molecule has 1 heterocycles. The average molecular weight is 254 g/mol. The largest absolute Gasteiger partial charge is 0.378 e. The van der Waals surface area contributed by atoms with Crippen LogP contribution in [-0.4, -0.2) is 31.7 Å². The smallest absolute Gasteiger partial charge is 0.220 e. The van der Waals surface area contributed by atoms with Gasteiger partial charge in [-0.2, -0.15) is 0 Å². The SMILES string of the molecule is CCC1OCCC1CNC(=O)CC1(CN)CCC1. The lowest BCUT2D eigenvalue weighted by atomic mass is 9.66. The molecule has 0 bridgehead atoms. The van der Waals surface area contributed by atoms with E-state index in [0.29, 0.717) is 25.0 Å². The lowest BCUT2D eigenvalue weighted by molar-refractivity contribution is -0.125. The van der Waals surface area contributed by atoms with E-state index in [1.165, 1.54) is 6.42 Å².